The normalized spacial score (nSPS) is 15.9. The van der Waals surface area contributed by atoms with Crippen LogP contribution in [0.5, 0.6) is 0 Å². The zero-order valence-electron chi connectivity index (χ0n) is 12.4. The largest absolute Gasteiger partial charge is 0.381 e. The van der Waals surface area contributed by atoms with Crippen molar-refractivity contribution in [3.63, 3.8) is 0 Å². The van der Waals surface area contributed by atoms with Crippen LogP contribution in [0.1, 0.15) is 45.7 Å². The molecule has 1 fully saturated rings. The molecule has 19 heavy (non-hydrogen) atoms. The molecule has 0 unspecified atom stereocenters. The number of nitrogens with one attached hydrogen (secondary N) is 1. The van der Waals surface area contributed by atoms with E-state index in [0.29, 0.717) is 0 Å². The maximum Gasteiger partial charge on any atom is 0.0965 e. The highest BCUT2D eigenvalue weighted by atomic mass is 16.5. The number of hydrogen-bond donors (Lipinski definition) is 1. The molecule has 1 N–H and O–H groups in total. The van der Waals surface area contributed by atoms with Crippen LogP contribution < -0.4 is 5.32 Å². The fraction of sp³-hybridized carbons (Fsp3) is 0.857. The van der Waals surface area contributed by atoms with Gasteiger partial charge in [-0.1, -0.05) is 5.21 Å². The molecule has 0 amide bonds. The van der Waals surface area contributed by atoms with Crippen LogP contribution in [0.15, 0.2) is 6.20 Å². The lowest BCUT2D eigenvalue weighted by Crippen LogP contribution is -2.22. The Kier molecular flexibility index (Phi) is 4.93. The molecule has 1 saturated carbocycles. The minimum absolute atomic E-state index is 0.00189. The summed E-state index contributed by atoms with van der Waals surface area (Å²) in [5, 5.41) is 11.7. The van der Waals surface area contributed by atoms with E-state index in [1.54, 1.807) is 0 Å². The van der Waals surface area contributed by atoms with Gasteiger partial charge < -0.3 is 10.1 Å². The lowest BCUT2D eigenvalue weighted by Gasteiger charge is -2.17. The third-order valence-corrected chi connectivity index (χ3v) is 3.23. The molecule has 0 saturated heterocycles. The molecule has 5 nitrogen and oxygen atoms in total. The quantitative estimate of drug-likeness (QED) is 0.731. The van der Waals surface area contributed by atoms with Gasteiger partial charge in [-0.15, -0.1) is 5.10 Å². The first-order valence-electron chi connectivity index (χ1n) is 7.26. The van der Waals surface area contributed by atoms with Gasteiger partial charge in [-0.25, -0.2) is 4.68 Å². The molecule has 0 spiro atoms. The molecule has 1 aromatic heterocycles. The lowest BCUT2D eigenvalue weighted by atomic mass is 10.1. The first kappa shape index (κ1) is 14.5. The van der Waals surface area contributed by atoms with E-state index < -0.39 is 0 Å². The van der Waals surface area contributed by atoms with Crippen molar-refractivity contribution in [3.8, 4) is 0 Å². The summed E-state index contributed by atoms with van der Waals surface area (Å²) < 4.78 is 7.49. The Morgan fingerprint density at radius 2 is 2.21 bits per heavy atom. The van der Waals surface area contributed by atoms with E-state index >= 15 is 0 Å². The van der Waals surface area contributed by atoms with E-state index in [9.17, 15) is 0 Å². The molecule has 0 radical (unpaired) electrons. The molecule has 2 rings (SSSR count). The molecule has 0 atom stereocenters. The summed E-state index contributed by atoms with van der Waals surface area (Å²) in [6, 6.07) is 0. The number of aromatic nitrogens is 3. The van der Waals surface area contributed by atoms with Gasteiger partial charge in [0.2, 0.25) is 0 Å². The van der Waals surface area contributed by atoms with E-state index in [4.69, 9.17) is 4.74 Å². The van der Waals surface area contributed by atoms with E-state index in [1.807, 2.05) is 10.9 Å². The van der Waals surface area contributed by atoms with Crippen molar-refractivity contribution in [1.29, 1.82) is 0 Å². The van der Waals surface area contributed by atoms with Gasteiger partial charge in [-0.05, 0) is 52.5 Å². The van der Waals surface area contributed by atoms with Crippen molar-refractivity contribution in [2.75, 3.05) is 19.8 Å². The standard InChI is InChI=1S/C14H26N4O/c1-14(2,3)18-10-13(16-17-18)9-15-7-4-8-19-11-12-5-6-12/h10,12,15H,4-9,11H2,1-3H3. The highest BCUT2D eigenvalue weighted by Gasteiger charge is 2.20. The molecule has 0 aliphatic heterocycles. The summed E-state index contributed by atoms with van der Waals surface area (Å²) in [5.74, 6) is 0.861. The first-order chi connectivity index (χ1) is 9.05. The second-order valence-corrected chi connectivity index (χ2v) is 6.37. The lowest BCUT2D eigenvalue weighted by molar-refractivity contribution is 0.122. The third kappa shape index (κ3) is 5.28. The maximum atomic E-state index is 5.59. The Morgan fingerprint density at radius 3 is 2.84 bits per heavy atom. The maximum absolute atomic E-state index is 5.59. The zero-order chi connectivity index (χ0) is 13.7. The molecule has 0 aromatic carbocycles. The van der Waals surface area contributed by atoms with Crippen LogP contribution in [0.3, 0.4) is 0 Å². The number of hydrogen-bond acceptors (Lipinski definition) is 4. The summed E-state index contributed by atoms with van der Waals surface area (Å²) in [4.78, 5) is 0. The Hall–Kier alpha value is -0.940. The van der Waals surface area contributed by atoms with Gasteiger partial charge in [0.15, 0.2) is 0 Å². The first-order valence-corrected chi connectivity index (χ1v) is 7.26. The monoisotopic (exact) mass is 266 g/mol. The number of rotatable bonds is 8. The van der Waals surface area contributed by atoms with Crippen LogP contribution in [0.4, 0.5) is 0 Å². The fourth-order valence-corrected chi connectivity index (χ4v) is 1.76. The van der Waals surface area contributed by atoms with Crippen LogP contribution in [0, 0.1) is 5.92 Å². The summed E-state index contributed by atoms with van der Waals surface area (Å²) in [5.41, 5.74) is 0.996. The van der Waals surface area contributed by atoms with E-state index in [2.05, 4.69) is 36.4 Å². The van der Waals surface area contributed by atoms with Crippen molar-refractivity contribution in [2.45, 2.75) is 52.1 Å². The Bertz CT molecular complexity index is 379. The van der Waals surface area contributed by atoms with Crippen molar-refractivity contribution in [3.05, 3.63) is 11.9 Å². The van der Waals surface area contributed by atoms with Gasteiger partial charge in [0.25, 0.3) is 0 Å². The third-order valence-electron chi connectivity index (χ3n) is 3.23. The van der Waals surface area contributed by atoms with E-state index in [0.717, 1.165) is 44.3 Å². The van der Waals surface area contributed by atoms with Crippen molar-refractivity contribution < 1.29 is 4.74 Å². The second-order valence-electron chi connectivity index (χ2n) is 6.37. The Morgan fingerprint density at radius 1 is 1.42 bits per heavy atom. The van der Waals surface area contributed by atoms with Crippen LogP contribution in [-0.2, 0) is 16.8 Å². The SMILES string of the molecule is CC(C)(C)n1cc(CNCCCOCC2CC2)nn1. The van der Waals surface area contributed by atoms with Crippen molar-refractivity contribution >= 4 is 0 Å². The zero-order valence-corrected chi connectivity index (χ0v) is 12.4. The Balaban J connectivity index is 1.53. The van der Waals surface area contributed by atoms with Gasteiger partial charge >= 0.3 is 0 Å². The summed E-state index contributed by atoms with van der Waals surface area (Å²) in [6.45, 7) is 9.92. The topological polar surface area (TPSA) is 52.0 Å². The molecule has 0 bridgehead atoms. The molecule has 1 aromatic rings. The van der Waals surface area contributed by atoms with Crippen molar-refractivity contribution in [2.24, 2.45) is 5.92 Å². The highest BCUT2D eigenvalue weighted by molar-refractivity contribution is 4.93. The van der Waals surface area contributed by atoms with Gasteiger partial charge in [0.1, 0.15) is 0 Å². The summed E-state index contributed by atoms with van der Waals surface area (Å²) in [6.07, 6.45) is 5.79. The Labute approximate surface area is 115 Å². The molecular weight excluding hydrogens is 240 g/mol. The van der Waals surface area contributed by atoms with Crippen LogP contribution in [0.25, 0.3) is 0 Å². The minimum atomic E-state index is 0.00189. The molecule has 1 heterocycles. The molecule has 1 aliphatic carbocycles. The van der Waals surface area contributed by atoms with E-state index in [-0.39, 0.29) is 5.54 Å². The molecular formula is C14H26N4O. The molecule has 5 heteroatoms. The predicted molar refractivity (Wildman–Crippen MR) is 74.9 cm³/mol. The minimum Gasteiger partial charge on any atom is -0.381 e. The van der Waals surface area contributed by atoms with Crippen LogP contribution >= 0.6 is 0 Å². The molecule has 108 valence electrons. The van der Waals surface area contributed by atoms with E-state index in [1.165, 1.54) is 12.8 Å². The van der Waals surface area contributed by atoms with Gasteiger partial charge in [-0.2, -0.15) is 0 Å². The van der Waals surface area contributed by atoms with Gasteiger partial charge in [0.05, 0.1) is 17.4 Å². The molecule has 1 aliphatic rings. The van der Waals surface area contributed by atoms with Crippen molar-refractivity contribution in [1.82, 2.24) is 20.3 Å². The number of nitrogens with zero attached hydrogens (tertiary/aromatic N) is 3. The average Bonchev–Trinajstić information content (AvgIpc) is 3.02. The fourth-order valence-electron chi connectivity index (χ4n) is 1.76. The highest BCUT2D eigenvalue weighted by Crippen LogP contribution is 2.28. The van der Waals surface area contributed by atoms with Crippen LogP contribution in [0.2, 0.25) is 0 Å². The summed E-state index contributed by atoms with van der Waals surface area (Å²) in [7, 11) is 0. The summed E-state index contributed by atoms with van der Waals surface area (Å²) >= 11 is 0. The predicted octanol–water partition coefficient (Wildman–Crippen LogP) is 1.94. The number of ether oxygens (including phenoxy) is 1. The van der Waals surface area contributed by atoms with Gasteiger partial charge in [0, 0.05) is 19.8 Å². The average molecular weight is 266 g/mol. The smallest absolute Gasteiger partial charge is 0.0965 e. The van der Waals surface area contributed by atoms with Crippen LogP contribution in [-0.4, -0.2) is 34.8 Å². The second kappa shape index (κ2) is 6.48. The van der Waals surface area contributed by atoms with Gasteiger partial charge in [-0.3, -0.25) is 0 Å².